The Hall–Kier alpha value is -0.0800. The largest absolute Gasteiger partial charge is 0.317 e. The molecule has 0 aromatic heterocycles. The van der Waals surface area contributed by atoms with Crippen molar-refractivity contribution in [3.8, 4) is 0 Å². The fraction of sp³-hybridized carbons (Fsp3) is 1.00. The second kappa shape index (κ2) is 5.56. The average Bonchev–Trinajstić information content (AvgIpc) is 1.99. The summed E-state index contributed by atoms with van der Waals surface area (Å²) in [6, 6.07) is 1.30. The van der Waals surface area contributed by atoms with Crippen LogP contribution in [0.5, 0.6) is 0 Å². The Morgan fingerprint density at radius 3 is 2.18 bits per heavy atom. The lowest BCUT2D eigenvalue weighted by atomic mass is 10.2. The molecule has 0 aliphatic carbocycles. The van der Waals surface area contributed by atoms with Crippen molar-refractivity contribution in [1.29, 1.82) is 0 Å². The van der Waals surface area contributed by atoms with Crippen LogP contribution in [-0.2, 0) is 0 Å². The smallest absolute Gasteiger partial charge is 0.00479 e. The van der Waals surface area contributed by atoms with E-state index in [9.17, 15) is 0 Å². The number of rotatable bonds is 5. The number of hydrogen-bond donors (Lipinski definition) is 1. The lowest BCUT2D eigenvalue weighted by molar-refractivity contribution is 0.260. The summed E-state index contributed by atoms with van der Waals surface area (Å²) in [4.78, 5) is 2.37. The van der Waals surface area contributed by atoms with Gasteiger partial charge in [0.1, 0.15) is 0 Å². The summed E-state index contributed by atoms with van der Waals surface area (Å²) in [5.74, 6) is 0. The summed E-state index contributed by atoms with van der Waals surface area (Å²) in [5.41, 5.74) is 0. The highest BCUT2D eigenvalue weighted by molar-refractivity contribution is 4.62. The van der Waals surface area contributed by atoms with E-state index in [-0.39, 0.29) is 0 Å². The van der Waals surface area contributed by atoms with E-state index in [0.717, 1.165) is 0 Å². The lowest BCUT2D eigenvalue weighted by Gasteiger charge is -2.22. The van der Waals surface area contributed by atoms with Gasteiger partial charge < -0.3 is 10.2 Å². The fourth-order valence-corrected chi connectivity index (χ4v) is 0.800. The van der Waals surface area contributed by atoms with Crippen LogP contribution in [0.1, 0.15) is 27.2 Å². The van der Waals surface area contributed by atoms with Gasteiger partial charge in [-0.2, -0.15) is 0 Å². The van der Waals surface area contributed by atoms with Crippen molar-refractivity contribution < 1.29 is 0 Å². The van der Waals surface area contributed by atoms with Crippen LogP contribution in [0.2, 0.25) is 0 Å². The Bertz CT molecular complexity index is 91.6. The van der Waals surface area contributed by atoms with Crippen LogP contribution in [0.4, 0.5) is 0 Å². The highest BCUT2D eigenvalue weighted by atomic mass is 15.1. The molecule has 11 heavy (non-hydrogen) atoms. The quantitative estimate of drug-likeness (QED) is 0.649. The van der Waals surface area contributed by atoms with Crippen LogP contribution in [0.25, 0.3) is 0 Å². The van der Waals surface area contributed by atoms with Crippen LogP contribution < -0.4 is 5.32 Å². The Morgan fingerprint density at radius 1 is 1.27 bits per heavy atom. The third-order valence-corrected chi connectivity index (χ3v) is 2.29. The van der Waals surface area contributed by atoms with Crippen molar-refractivity contribution in [1.82, 2.24) is 10.2 Å². The zero-order valence-corrected chi connectivity index (χ0v) is 8.52. The predicted molar refractivity (Wildman–Crippen MR) is 50.9 cm³/mol. The van der Waals surface area contributed by atoms with Gasteiger partial charge in [-0.1, -0.05) is 0 Å². The molecule has 0 spiro atoms. The van der Waals surface area contributed by atoms with Gasteiger partial charge in [-0.05, 0) is 47.8 Å². The molecule has 0 radical (unpaired) electrons. The molecule has 0 aliphatic heterocycles. The first-order valence-electron chi connectivity index (χ1n) is 4.45. The molecule has 68 valence electrons. The highest BCUT2D eigenvalue weighted by Crippen LogP contribution is 1.97. The predicted octanol–water partition coefficient (Wildman–Crippen LogP) is 1.32. The minimum Gasteiger partial charge on any atom is -0.317 e. The summed E-state index contributed by atoms with van der Waals surface area (Å²) in [5, 5.41) is 3.23. The third-order valence-electron chi connectivity index (χ3n) is 2.29. The van der Waals surface area contributed by atoms with E-state index in [0.29, 0.717) is 12.1 Å². The van der Waals surface area contributed by atoms with E-state index < -0.39 is 0 Å². The first-order valence-corrected chi connectivity index (χ1v) is 4.45. The van der Waals surface area contributed by atoms with Gasteiger partial charge in [0.2, 0.25) is 0 Å². The molecule has 0 aliphatic rings. The van der Waals surface area contributed by atoms with Crippen molar-refractivity contribution >= 4 is 0 Å². The van der Waals surface area contributed by atoms with E-state index in [1.165, 1.54) is 13.0 Å². The maximum absolute atomic E-state index is 3.23. The van der Waals surface area contributed by atoms with Crippen LogP contribution >= 0.6 is 0 Å². The van der Waals surface area contributed by atoms with Crippen LogP contribution in [0.15, 0.2) is 0 Å². The second-order valence-electron chi connectivity index (χ2n) is 3.55. The molecule has 2 heteroatoms. The molecule has 0 bridgehead atoms. The zero-order chi connectivity index (χ0) is 8.85. The average molecular weight is 158 g/mol. The summed E-state index contributed by atoms with van der Waals surface area (Å²) in [6.45, 7) is 7.85. The summed E-state index contributed by atoms with van der Waals surface area (Å²) in [7, 11) is 4.19. The standard InChI is InChI=1S/C9H22N2/c1-8(2)11(5)7-6-9(3)10-4/h8-10H,6-7H2,1-5H3. The van der Waals surface area contributed by atoms with E-state index in [1.54, 1.807) is 0 Å². The molecule has 0 saturated heterocycles. The zero-order valence-electron chi connectivity index (χ0n) is 8.52. The molecule has 0 rings (SSSR count). The normalized spacial score (nSPS) is 14.5. The minimum absolute atomic E-state index is 0.635. The molecular weight excluding hydrogens is 136 g/mol. The Kier molecular flexibility index (Phi) is 5.51. The van der Waals surface area contributed by atoms with Crippen molar-refractivity contribution in [2.24, 2.45) is 0 Å². The molecule has 1 unspecified atom stereocenters. The van der Waals surface area contributed by atoms with Crippen LogP contribution in [-0.4, -0.2) is 37.6 Å². The van der Waals surface area contributed by atoms with Gasteiger partial charge in [0, 0.05) is 12.1 Å². The van der Waals surface area contributed by atoms with Gasteiger partial charge in [-0.15, -0.1) is 0 Å². The van der Waals surface area contributed by atoms with Gasteiger partial charge in [-0.25, -0.2) is 0 Å². The first kappa shape index (κ1) is 10.9. The topological polar surface area (TPSA) is 15.3 Å². The van der Waals surface area contributed by atoms with E-state index in [2.05, 4.69) is 38.0 Å². The molecule has 0 fully saturated rings. The van der Waals surface area contributed by atoms with E-state index in [4.69, 9.17) is 0 Å². The Morgan fingerprint density at radius 2 is 1.82 bits per heavy atom. The fourth-order valence-electron chi connectivity index (χ4n) is 0.800. The lowest BCUT2D eigenvalue weighted by Crippen LogP contribution is -2.32. The maximum atomic E-state index is 3.23. The maximum Gasteiger partial charge on any atom is 0.00479 e. The summed E-state index contributed by atoms with van der Waals surface area (Å²) < 4.78 is 0. The van der Waals surface area contributed by atoms with Gasteiger partial charge in [0.25, 0.3) is 0 Å². The molecule has 2 nitrogen and oxygen atoms in total. The molecule has 0 aromatic carbocycles. The van der Waals surface area contributed by atoms with Gasteiger partial charge in [0.05, 0.1) is 0 Å². The third kappa shape index (κ3) is 5.22. The Balaban J connectivity index is 3.37. The molecule has 0 heterocycles. The second-order valence-corrected chi connectivity index (χ2v) is 3.55. The van der Waals surface area contributed by atoms with Crippen molar-refractivity contribution in [3.63, 3.8) is 0 Å². The molecule has 1 atom stereocenters. The minimum atomic E-state index is 0.635. The number of hydrogen-bond acceptors (Lipinski definition) is 2. The van der Waals surface area contributed by atoms with Gasteiger partial charge in [0.15, 0.2) is 0 Å². The molecule has 1 N–H and O–H groups in total. The molecule has 0 saturated carbocycles. The first-order chi connectivity index (χ1) is 5.07. The van der Waals surface area contributed by atoms with Gasteiger partial charge in [-0.3, -0.25) is 0 Å². The van der Waals surface area contributed by atoms with Crippen molar-refractivity contribution in [3.05, 3.63) is 0 Å². The van der Waals surface area contributed by atoms with Crippen LogP contribution in [0.3, 0.4) is 0 Å². The molecule has 0 aromatic rings. The van der Waals surface area contributed by atoms with E-state index in [1.807, 2.05) is 7.05 Å². The Labute approximate surface area is 71.0 Å². The van der Waals surface area contributed by atoms with Gasteiger partial charge >= 0.3 is 0 Å². The van der Waals surface area contributed by atoms with Crippen molar-refractivity contribution in [2.45, 2.75) is 39.3 Å². The highest BCUT2D eigenvalue weighted by Gasteiger charge is 2.04. The summed E-state index contributed by atoms with van der Waals surface area (Å²) in [6.07, 6.45) is 1.23. The number of nitrogens with zero attached hydrogens (tertiary/aromatic N) is 1. The van der Waals surface area contributed by atoms with E-state index >= 15 is 0 Å². The number of nitrogens with one attached hydrogen (secondary N) is 1. The summed E-state index contributed by atoms with van der Waals surface area (Å²) >= 11 is 0. The van der Waals surface area contributed by atoms with Crippen LogP contribution in [0, 0.1) is 0 Å². The van der Waals surface area contributed by atoms with Crippen molar-refractivity contribution in [2.75, 3.05) is 20.6 Å². The SMILES string of the molecule is CNC(C)CCN(C)C(C)C. The molecule has 0 amide bonds. The monoisotopic (exact) mass is 158 g/mol. The molecular formula is C9H22N2.